The van der Waals surface area contributed by atoms with Gasteiger partial charge in [-0.05, 0) is 19.1 Å². The van der Waals surface area contributed by atoms with Crippen molar-refractivity contribution in [3.05, 3.63) is 41.7 Å². The molecule has 0 atom stereocenters. The molecule has 4 heteroatoms. The Labute approximate surface area is 92.5 Å². The van der Waals surface area contributed by atoms with Crippen LogP contribution >= 0.6 is 0 Å². The summed E-state index contributed by atoms with van der Waals surface area (Å²) in [4.78, 5) is 0. The smallest absolute Gasteiger partial charge is 0.273 e. The van der Waals surface area contributed by atoms with Crippen LogP contribution in [0.1, 0.15) is 25.0 Å². The van der Waals surface area contributed by atoms with Crippen LogP contribution in [0.15, 0.2) is 24.8 Å². The standard InChI is InChI=1S/C12H13F3O/c1-4-16-8(2)9-5-6-10(11(13)7-9)12(3,14)15/h5-7H,2,4H2,1,3H3. The van der Waals surface area contributed by atoms with Gasteiger partial charge in [-0.3, -0.25) is 0 Å². The molecule has 0 N–H and O–H groups in total. The highest BCUT2D eigenvalue weighted by Crippen LogP contribution is 2.30. The molecule has 88 valence electrons. The van der Waals surface area contributed by atoms with Gasteiger partial charge in [0, 0.05) is 12.5 Å². The second-order valence-corrected chi connectivity index (χ2v) is 3.44. The van der Waals surface area contributed by atoms with Gasteiger partial charge in [0.25, 0.3) is 5.92 Å². The van der Waals surface area contributed by atoms with Crippen molar-refractivity contribution in [3.8, 4) is 0 Å². The first-order valence-electron chi connectivity index (χ1n) is 4.86. The molecule has 0 aliphatic heterocycles. The fraction of sp³-hybridized carbons (Fsp3) is 0.333. The third-order valence-electron chi connectivity index (χ3n) is 2.08. The normalized spacial score (nSPS) is 11.3. The summed E-state index contributed by atoms with van der Waals surface area (Å²) >= 11 is 0. The molecule has 16 heavy (non-hydrogen) atoms. The van der Waals surface area contributed by atoms with Gasteiger partial charge in [-0.15, -0.1) is 0 Å². The lowest BCUT2D eigenvalue weighted by molar-refractivity contribution is 0.0137. The van der Waals surface area contributed by atoms with Crippen LogP contribution in [-0.4, -0.2) is 6.61 Å². The minimum Gasteiger partial charge on any atom is -0.494 e. The van der Waals surface area contributed by atoms with Crippen LogP contribution in [0.4, 0.5) is 13.2 Å². The predicted molar refractivity (Wildman–Crippen MR) is 56.6 cm³/mol. The van der Waals surface area contributed by atoms with Crippen LogP contribution in [0, 0.1) is 5.82 Å². The van der Waals surface area contributed by atoms with Crippen LogP contribution in [0.25, 0.3) is 5.76 Å². The Bertz CT molecular complexity index is 394. The number of alkyl halides is 2. The third kappa shape index (κ3) is 2.78. The van der Waals surface area contributed by atoms with E-state index >= 15 is 0 Å². The highest BCUT2D eigenvalue weighted by atomic mass is 19.3. The van der Waals surface area contributed by atoms with E-state index in [1.165, 1.54) is 6.07 Å². The maximum absolute atomic E-state index is 13.4. The van der Waals surface area contributed by atoms with Crippen LogP contribution < -0.4 is 0 Å². The summed E-state index contributed by atoms with van der Waals surface area (Å²) < 4.78 is 44.2. The Morgan fingerprint density at radius 1 is 1.44 bits per heavy atom. The molecule has 1 nitrogen and oxygen atoms in total. The minimum atomic E-state index is -3.18. The van der Waals surface area contributed by atoms with Crippen molar-refractivity contribution < 1.29 is 17.9 Å². The van der Waals surface area contributed by atoms with Gasteiger partial charge in [0.1, 0.15) is 11.6 Å². The van der Waals surface area contributed by atoms with Gasteiger partial charge in [-0.2, -0.15) is 0 Å². The Balaban J connectivity index is 3.05. The summed E-state index contributed by atoms with van der Waals surface area (Å²) in [6, 6.07) is 3.42. The summed E-state index contributed by atoms with van der Waals surface area (Å²) in [5.74, 6) is -3.87. The fourth-order valence-corrected chi connectivity index (χ4v) is 1.30. The van der Waals surface area contributed by atoms with Gasteiger partial charge >= 0.3 is 0 Å². The van der Waals surface area contributed by atoms with E-state index in [1.807, 2.05) is 0 Å². The average Bonchev–Trinajstić information content (AvgIpc) is 2.16. The van der Waals surface area contributed by atoms with Crippen LogP contribution in [0.3, 0.4) is 0 Å². The molecule has 0 aliphatic rings. The summed E-state index contributed by atoms with van der Waals surface area (Å²) in [6.07, 6.45) is 0. The van der Waals surface area contributed by atoms with Crippen LogP contribution in [0.5, 0.6) is 0 Å². The summed E-state index contributed by atoms with van der Waals surface area (Å²) in [5.41, 5.74) is -0.257. The molecule has 0 heterocycles. The molecule has 1 aromatic carbocycles. The van der Waals surface area contributed by atoms with E-state index < -0.39 is 17.3 Å². The number of halogens is 3. The Morgan fingerprint density at radius 3 is 2.50 bits per heavy atom. The highest BCUT2D eigenvalue weighted by Gasteiger charge is 2.28. The van der Waals surface area contributed by atoms with Crippen molar-refractivity contribution in [1.29, 1.82) is 0 Å². The SMILES string of the molecule is C=C(OCC)c1ccc(C(C)(F)F)c(F)c1. The Morgan fingerprint density at radius 2 is 2.06 bits per heavy atom. The van der Waals surface area contributed by atoms with Crippen molar-refractivity contribution >= 4 is 5.76 Å². The molecule has 0 spiro atoms. The number of benzene rings is 1. The average molecular weight is 230 g/mol. The second-order valence-electron chi connectivity index (χ2n) is 3.44. The van der Waals surface area contributed by atoms with Crippen molar-refractivity contribution in [2.75, 3.05) is 6.61 Å². The highest BCUT2D eigenvalue weighted by molar-refractivity contribution is 5.58. The van der Waals surface area contributed by atoms with Gasteiger partial charge < -0.3 is 4.74 Å². The predicted octanol–water partition coefficient (Wildman–Crippen LogP) is 3.94. The molecule has 0 amide bonds. The first-order chi connectivity index (χ1) is 7.36. The Kier molecular flexibility index (Phi) is 3.62. The van der Waals surface area contributed by atoms with E-state index in [1.54, 1.807) is 6.92 Å². The van der Waals surface area contributed by atoms with E-state index in [0.717, 1.165) is 12.1 Å². The van der Waals surface area contributed by atoms with E-state index in [0.29, 0.717) is 19.1 Å². The lowest BCUT2D eigenvalue weighted by atomic mass is 10.1. The van der Waals surface area contributed by atoms with Crippen molar-refractivity contribution in [2.45, 2.75) is 19.8 Å². The monoisotopic (exact) mass is 230 g/mol. The number of ether oxygens (including phenoxy) is 1. The quantitative estimate of drug-likeness (QED) is 0.712. The fourth-order valence-electron chi connectivity index (χ4n) is 1.30. The van der Waals surface area contributed by atoms with Gasteiger partial charge in [0.05, 0.1) is 12.2 Å². The molecule has 1 rings (SSSR count). The van der Waals surface area contributed by atoms with E-state index in [-0.39, 0.29) is 5.76 Å². The third-order valence-corrected chi connectivity index (χ3v) is 2.08. The summed E-state index contributed by atoms with van der Waals surface area (Å²) in [6.45, 7) is 6.38. The number of hydrogen-bond donors (Lipinski definition) is 0. The second kappa shape index (κ2) is 4.60. The lowest BCUT2D eigenvalue weighted by Crippen LogP contribution is -2.10. The lowest BCUT2D eigenvalue weighted by Gasteiger charge is -2.13. The summed E-state index contributed by atoms with van der Waals surface area (Å²) in [7, 11) is 0. The Hall–Kier alpha value is -1.45. The zero-order valence-corrected chi connectivity index (χ0v) is 9.19. The largest absolute Gasteiger partial charge is 0.494 e. The molecule has 0 bridgehead atoms. The molecule has 0 aromatic heterocycles. The van der Waals surface area contributed by atoms with Gasteiger partial charge in [-0.1, -0.05) is 12.6 Å². The maximum atomic E-state index is 13.4. The van der Waals surface area contributed by atoms with Gasteiger partial charge in [-0.25, -0.2) is 13.2 Å². The van der Waals surface area contributed by atoms with Gasteiger partial charge in [0.2, 0.25) is 0 Å². The van der Waals surface area contributed by atoms with Crippen molar-refractivity contribution in [2.24, 2.45) is 0 Å². The molecular formula is C12H13F3O. The van der Waals surface area contributed by atoms with Crippen LogP contribution in [0.2, 0.25) is 0 Å². The zero-order valence-electron chi connectivity index (χ0n) is 9.19. The molecule has 1 aromatic rings. The number of rotatable bonds is 4. The van der Waals surface area contributed by atoms with Gasteiger partial charge in [0.15, 0.2) is 0 Å². The molecule has 0 radical (unpaired) electrons. The molecule has 0 aliphatic carbocycles. The zero-order chi connectivity index (χ0) is 12.3. The maximum Gasteiger partial charge on any atom is 0.273 e. The number of hydrogen-bond acceptors (Lipinski definition) is 1. The first-order valence-corrected chi connectivity index (χ1v) is 4.86. The van der Waals surface area contributed by atoms with E-state index in [9.17, 15) is 13.2 Å². The van der Waals surface area contributed by atoms with Crippen LogP contribution in [-0.2, 0) is 10.7 Å². The topological polar surface area (TPSA) is 9.23 Å². The van der Waals surface area contributed by atoms with Crippen molar-refractivity contribution in [1.82, 2.24) is 0 Å². The van der Waals surface area contributed by atoms with E-state index in [2.05, 4.69) is 6.58 Å². The molecule has 0 saturated heterocycles. The van der Waals surface area contributed by atoms with E-state index in [4.69, 9.17) is 4.74 Å². The molecule has 0 saturated carbocycles. The molecular weight excluding hydrogens is 217 g/mol. The first kappa shape index (κ1) is 12.6. The molecule has 0 unspecified atom stereocenters. The molecule has 0 fully saturated rings. The summed E-state index contributed by atoms with van der Waals surface area (Å²) in [5, 5.41) is 0. The minimum absolute atomic E-state index is 0.271. The van der Waals surface area contributed by atoms with Crippen molar-refractivity contribution in [3.63, 3.8) is 0 Å².